The molecule has 4 rings (SSSR count). The Hall–Kier alpha value is -2.03. The minimum absolute atomic E-state index is 0.0587. The number of non-ortho nitro benzene ring substituents is 1. The second-order valence-corrected chi connectivity index (χ2v) is 7.57. The molecule has 1 aromatic carbocycles. The van der Waals surface area contributed by atoms with Crippen LogP contribution in [0.4, 0.5) is 5.69 Å². The van der Waals surface area contributed by atoms with Crippen LogP contribution in [0.3, 0.4) is 0 Å². The van der Waals surface area contributed by atoms with Gasteiger partial charge in [0.15, 0.2) is 12.1 Å². The van der Waals surface area contributed by atoms with Crippen molar-refractivity contribution in [2.75, 3.05) is 19.8 Å². The molecule has 3 saturated heterocycles. The lowest BCUT2D eigenvalue weighted by molar-refractivity contribution is -1.02. The molecular formula is C17H21N2O6+. The Morgan fingerprint density at radius 1 is 1.20 bits per heavy atom. The van der Waals surface area contributed by atoms with Gasteiger partial charge < -0.3 is 14.2 Å². The third-order valence-electron chi connectivity index (χ3n) is 5.79. The van der Waals surface area contributed by atoms with Crippen molar-refractivity contribution >= 4 is 11.7 Å². The number of ether oxygens (including phenoxy) is 3. The molecule has 0 aromatic heterocycles. The fourth-order valence-corrected chi connectivity index (χ4v) is 4.64. The Balaban J connectivity index is 1.48. The lowest BCUT2D eigenvalue weighted by atomic mass is 10.0. The van der Waals surface area contributed by atoms with E-state index in [0.29, 0.717) is 18.8 Å². The summed E-state index contributed by atoms with van der Waals surface area (Å²) in [5.41, 5.74) is -0.759. The van der Waals surface area contributed by atoms with E-state index < -0.39 is 16.4 Å². The molecular weight excluding hydrogens is 328 g/mol. The van der Waals surface area contributed by atoms with Gasteiger partial charge in [-0.25, -0.2) is 4.79 Å². The highest BCUT2D eigenvalue weighted by Crippen LogP contribution is 2.39. The predicted molar refractivity (Wildman–Crippen MR) is 85.0 cm³/mol. The highest BCUT2D eigenvalue weighted by Gasteiger charge is 2.74. The van der Waals surface area contributed by atoms with Gasteiger partial charge in [0.25, 0.3) is 5.69 Å². The van der Waals surface area contributed by atoms with E-state index in [1.165, 1.54) is 29.2 Å². The van der Waals surface area contributed by atoms with Crippen molar-refractivity contribution in [1.29, 1.82) is 0 Å². The molecule has 3 fully saturated rings. The Bertz CT molecular complexity index is 713. The third-order valence-corrected chi connectivity index (χ3v) is 5.79. The minimum atomic E-state index is -0.502. The highest BCUT2D eigenvalue weighted by molar-refractivity contribution is 5.89. The molecule has 0 aliphatic carbocycles. The summed E-state index contributed by atoms with van der Waals surface area (Å²) < 4.78 is 17.7. The van der Waals surface area contributed by atoms with Crippen molar-refractivity contribution in [1.82, 2.24) is 0 Å². The van der Waals surface area contributed by atoms with Crippen LogP contribution in [0.25, 0.3) is 0 Å². The van der Waals surface area contributed by atoms with E-state index in [1.807, 2.05) is 0 Å². The molecule has 3 aliphatic heterocycles. The largest absolute Gasteiger partial charge is 0.455 e. The topological polar surface area (TPSA) is 92.3 Å². The molecule has 1 aromatic rings. The molecule has 4 atom stereocenters. The van der Waals surface area contributed by atoms with Gasteiger partial charge in [-0.15, -0.1) is 0 Å². The average Bonchev–Trinajstić information content (AvgIpc) is 3.17. The SMILES string of the molecule is C[C@]12CC[C@]3(C)OCC(COC(=O)c4ccc([N+](=O)[O-])cc4)(CO1)[NH+]23. The van der Waals surface area contributed by atoms with Crippen molar-refractivity contribution in [3.05, 3.63) is 39.9 Å². The summed E-state index contributed by atoms with van der Waals surface area (Å²) in [5.74, 6) is -0.495. The number of carbonyl (C=O) groups is 1. The Morgan fingerprint density at radius 2 is 1.76 bits per heavy atom. The van der Waals surface area contributed by atoms with E-state index in [9.17, 15) is 14.9 Å². The number of hydrogen-bond donors (Lipinski definition) is 1. The quantitative estimate of drug-likeness (QED) is 0.488. The third kappa shape index (κ3) is 2.36. The van der Waals surface area contributed by atoms with Crippen molar-refractivity contribution in [3.63, 3.8) is 0 Å². The van der Waals surface area contributed by atoms with E-state index in [0.717, 1.165) is 12.8 Å². The average molecular weight is 349 g/mol. The molecule has 0 bridgehead atoms. The second-order valence-electron chi connectivity index (χ2n) is 7.57. The molecule has 3 heterocycles. The van der Waals surface area contributed by atoms with Gasteiger partial charge >= 0.3 is 5.97 Å². The summed E-state index contributed by atoms with van der Waals surface area (Å²) in [6.07, 6.45) is 1.83. The number of rotatable bonds is 4. The van der Waals surface area contributed by atoms with Crippen LogP contribution in [0.15, 0.2) is 24.3 Å². The standard InChI is InChI=1S/C17H20N2O6/c1-15-7-8-16(2)19(15)17(10-24-15,11-25-16)9-23-14(20)12-3-5-13(6-4-12)18(21)22/h3-6H,7-11H2,1-2H3/p+1/t15-,16+,17?. The van der Waals surface area contributed by atoms with Gasteiger partial charge in [-0.05, 0) is 12.1 Å². The molecule has 134 valence electrons. The number of nitrogens with zero attached hydrogens (tertiary/aromatic N) is 1. The fourth-order valence-electron chi connectivity index (χ4n) is 4.64. The lowest BCUT2D eigenvalue weighted by Gasteiger charge is -2.34. The number of quaternary nitrogens is 1. The maximum absolute atomic E-state index is 12.3. The van der Waals surface area contributed by atoms with Crippen LogP contribution < -0.4 is 4.90 Å². The van der Waals surface area contributed by atoms with Crippen LogP contribution in [-0.2, 0) is 14.2 Å². The van der Waals surface area contributed by atoms with Crippen molar-refractivity contribution in [3.8, 4) is 0 Å². The summed E-state index contributed by atoms with van der Waals surface area (Å²) in [6, 6.07) is 5.41. The van der Waals surface area contributed by atoms with Crippen molar-refractivity contribution in [2.24, 2.45) is 0 Å². The van der Waals surface area contributed by atoms with Gasteiger partial charge in [0, 0.05) is 38.8 Å². The second kappa shape index (κ2) is 5.23. The van der Waals surface area contributed by atoms with Crippen LogP contribution in [0, 0.1) is 10.1 Å². The Morgan fingerprint density at radius 3 is 2.28 bits per heavy atom. The summed E-state index contributed by atoms with van der Waals surface area (Å²) in [4.78, 5) is 23.7. The van der Waals surface area contributed by atoms with E-state index in [4.69, 9.17) is 14.2 Å². The van der Waals surface area contributed by atoms with Crippen molar-refractivity contribution in [2.45, 2.75) is 43.7 Å². The first-order valence-corrected chi connectivity index (χ1v) is 8.36. The van der Waals surface area contributed by atoms with E-state index in [-0.39, 0.29) is 23.7 Å². The van der Waals surface area contributed by atoms with Crippen LogP contribution in [0.5, 0.6) is 0 Å². The zero-order chi connectivity index (χ0) is 17.9. The molecule has 1 N–H and O–H groups in total. The van der Waals surface area contributed by atoms with Gasteiger partial charge in [0.05, 0.1) is 10.5 Å². The molecule has 0 amide bonds. The monoisotopic (exact) mass is 349 g/mol. The zero-order valence-corrected chi connectivity index (χ0v) is 14.2. The summed E-state index contributed by atoms with van der Waals surface area (Å²) in [7, 11) is 0. The summed E-state index contributed by atoms with van der Waals surface area (Å²) in [6.45, 7) is 5.34. The number of benzene rings is 1. The predicted octanol–water partition coefficient (Wildman–Crippen LogP) is 0.662. The van der Waals surface area contributed by atoms with Crippen LogP contribution in [0.2, 0.25) is 0 Å². The first-order chi connectivity index (χ1) is 11.8. The normalized spacial score (nSPS) is 38.6. The molecule has 0 radical (unpaired) electrons. The number of hydrogen-bond acceptors (Lipinski definition) is 6. The van der Waals surface area contributed by atoms with Crippen LogP contribution in [0.1, 0.15) is 37.0 Å². The number of nitro benzene ring substituents is 1. The van der Waals surface area contributed by atoms with Gasteiger partial charge in [-0.2, -0.15) is 0 Å². The van der Waals surface area contributed by atoms with Crippen LogP contribution >= 0.6 is 0 Å². The van der Waals surface area contributed by atoms with E-state index in [1.54, 1.807) is 0 Å². The fraction of sp³-hybridized carbons (Fsp3) is 0.588. The summed E-state index contributed by atoms with van der Waals surface area (Å²) in [5, 5.41) is 10.7. The summed E-state index contributed by atoms with van der Waals surface area (Å²) >= 11 is 0. The Labute approximate surface area is 144 Å². The van der Waals surface area contributed by atoms with Gasteiger partial charge in [-0.1, -0.05) is 0 Å². The number of nitrogens with one attached hydrogen (secondary N) is 1. The zero-order valence-electron chi connectivity index (χ0n) is 14.2. The van der Waals surface area contributed by atoms with E-state index in [2.05, 4.69) is 13.8 Å². The number of carbonyl (C=O) groups excluding carboxylic acids is 1. The minimum Gasteiger partial charge on any atom is -0.455 e. The van der Waals surface area contributed by atoms with Gasteiger partial charge in [-0.3, -0.25) is 15.0 Å². The van der Waals surface area contributed by atoms with Crippen molar-refractivity contribution < 1.29 is 28.8 Å². The molecule has 0 saturated carbocycles. The smallest absolute Gasteiger partial charge is 0.338 e. The lowest BCUT2D eigenvalue weighted by Crippen LogP contribution is -3.27. The van der Waals surface area contributed by atoms with Crippen LogP contribution in [-0.4, -0.2) is 47.7 Å². The van der Waals surface area contributed by atoms with Gasteiger partial charge in [0.1, 0.15) is 13.2 Å². The molecule has 0 spiro atoms. The number of esters is 1. The maximum Gasteiger partial charge on any atom is 0.338 e. The number of nitro groups is 1. The molecule has 25 heavy (non-hydrogen) atoms. The maximum atomic E-state index is 12.3. The molecule has 3 aliphatic rings. The first-order valence-electron chi connectivity index (χ1n) is 8.36. The highest BCUT2D eigenvalue weighted by atomic mass is 16.6. The molecule has 8 heteroatoms. The Kier molecular flexibility index (Phi) is 3.44. The molecule has 8 nitrogen and oxygen atoms in total. The first kappa shape index (κ1) is 16.4. The molecule has 2 unspecified atom stereocenters. The van der Waals surface area contributed by atoms with Gasteiger partial charge in [0.2, 0.25) is 11.4 Å². The van der Waals surface area contributed by atoms with E-state index >= 15 is 0 Å².